The third-order valence-corrected chi connectivity index (χ3v) is 4.79. The van der Waals surface area contributed by atoms with E-state index in [0.29, 0.717) is 17.4 Å². The summed E-state index contributed by atoms with van der Waals surface area (Å²) in [4.78, 5) is 8.98. The highest BCUT2D eigenvalue weighted by atomic mass is 16.5. The Balaban J connectivity index is 1.71. The van der Waals surface area contributed by atoms with Gasteiger partial charge in [-0.25, -0.2) is 9.98 Å². The summed E-state index contributed by atoms with van der Waals surface area (Å²) in [5, 5.41) is 0. The lowest BCUT2D eigenvalue weighted by Gasteiger charge is -2.34. The number of aromatic nitrogens is 1. The second kappa shape index (κ2) is 5.74. The van der Waals surface area contributed by atoms with Crippen molar-refractivity contribution in [1.29, 1.82) is 0 Å². The van der Waals surface area contributed by atoms with E-state index in [4.69, 9.17) is 19.9 Å². The first-order valence-corrected chi connectivity index (χ1v) is 8.65. The highest BCUT2D eigenvalue weighted by Crippen LogP contribution is 2.54. The van der Waals surface area contributed by atoms with Crippen molar-refractivity contribution >= 4 is 6.02 Å². The molecular formula is C21H17N3O3. The van der Waals surface area contributed by atoms with Gasteiger partial charge in [-0.1, -0.05) is 24.3 Å². The van der Waals surface area contributed by atoms with Gasteiger partial charge in [0.05, 0.1) is 5.56 Å². The SMILES string of the molecule is Cc1ccnc(Oc2cccc3c2C2(COC(N)=N2)c2ccccc2O3)c1. The molecule has 27 heavy (non-hydrogen) atoms. The van der Waals surface area contributed by atoms with E-state index < -0.39 is 5.54 Å². The number of pyridine rings is 1. The van der Waals surface area contributed by atoms with E-state index in [1.807, 2.05) is 61.5 Å². The number of hydrogen-bond donors (Lipinski definition) is 1. The number of ether oxygens (including phenoxy) is 3. The highest BCUT2D eigenvalue weighted by Gasteiger charge is 2.48. The van der Waals surface area contributed by atoms with Crippen molar-refractivity contribution in [3.8, 4) is 23.1 Å². The van der Waals surface area contributed by atoms with Crippen molar-refractivity contribution in [3.05, 3.63) is 77.5 Å². The highest BCUT2D eigenvalue weighted by molar-refractivity contribution is 5.77. The Kier molecular flexibility index (Phi) is 3.33. The maximum Gasteiger partial charge on any atom is 0.283 e. The molecule has 1 atom stereocenters. The summed E-state index contributed by atoms with van der Waals surface area (Å²) >= 11 is 0. The maximum atomic E-state index is 6.14. The van der Waals surface area contributed by atoms with Crippen molar-refractivity contribution in [2.24, 2.45) is 10.7 Å². The molecule has 2 N–H and O–H groups in total. The number of fused-ring (bicyclic) bond motifs is 4. The molecule has 3 aromatic rings. The van der Waals surface area contributed by atoms with Gasteiger partial charge in [-0.3, -0.25) is 0 Å². The van der Waals surface area contributed by atoms with Gasteiger partial charge >= 0.3 is 0 Å². The van der Waals surface area contributed by atoms with Crippen LogP contribution < -0.4 is 15.2 Å². The largest absolute Gasteiger partial charge is 0.462 e. The van der Waals surface area contributed by atoms with E-state index in [-0.39, 0.29) is 12.6 Å². The number of nitrogens with two attached hydrogens (primary N) is 1. The fraction of sp³-hybridized carbons (Fsp3) is 0.143. The van der Waals surface area contributed by atoms with Crippen LogP contribution in [0.4, 0.5) is 0 Å². The average Bonchev–Trinajstić information content (AvgIpc) is 3.04. The van der Waals surface area contributed by atoms with Gasteiger partial charge < -0.3 is 19.9 Å². The molecule has 3 heterocycles. The molecule has 1 unspecified atom stereocenters. The Hall–Kier alpha value is -3.54. The van der Waals surface area contributed by atoms with Crippen molar-refractivity contribution in [2.45, 2.75) is 12.5 Å². The molecule has 134 valence electrons. The van der Waals surface area contributed by atoms with Gasteiger partial charge in [0, 0.05) is 17.8 Å². The predicted molar refractivity (Wildman–Crippen MR) is 100 cm³/mol. The first kappa shape index (κ1) is 15.7. The van der Waals surface area contributed by atoms with Gasteiger partial charge in [-0.2, -0.15) is 0 Å². The third kappa shape index (κ3) is 2.41. The fourth-order valence-corrected chi connectivity index (χ4v) is 3.61. The van der Waals surface area contributed by atoms with Crippen LogP contribution in [0.5, 0.6) is 23.1 Å². The summed E-state index contributed by atoms with van der Waals surface area (Å²) in [6, 6.07) is 17.4. The monoisotopic (exact) mass is 359 g/mol. The molecule has 0 amide bonds. The first-order valence-electron chi connectivity index (χ1n) is 8.65. The first-order chi connectivity index (χ1) is 13.2. The van der Waals surface area contributed by atoms with Crippen LogP contribution in [-0.2, 0) is 10.3 Å². The number of amidine groups is 1. The number of benzene rings is 2. The normalized spacial score (nSPS) is 19.5. The molecule has 0 bridgehead atoms. The number of para-hydroxylation sites is 1. The Labute approximate surface area is 156 Å². The van der Waals surface area contributed by atoms with E-state index in [2.05, 4.69) is 9.98 Å². The maximum absolute atomic E-state index is 6.14. The molecular weight excluding hydrogens is 342 g/mol. The van der Waals surface area contributed by atoms with E-state index in [9.17, 15) is 0 Å². The van der Waals surface area contributed by atoms with Crippen molar-refractivity contribution in [1.82, 2.24) is 4.98 Å². The van der Waals surface area contributed by atoms with Crippen LogP contribution in [0.3, 0.4) is 0 Å². The zero-order valence-electron chi connectivity index (χ0n) is 14.7. The molecule has 6 nitrogen and oxygen atoms in total. The number of nitrogens with zero attached hydrogens (tertiary/aromatic N) is 2. The van der Waals surface area contributed by atoms with Gasteiger partial charge in [0.2, 0.25) is 5.88 Å². The number of aryl methyl sites for hydroxylation is 1. The van der Waals surface area contributed by atoms with Crippen molar-refractivity contribution < 1.29 is 14.2 Å². The van der Waals surface area contributed by atoms with Gasteiger partial charge in [0.15, 0.2) is 5.54 Å². The minimum absolute atomic E-state index is 0.154. The molecule has 2 aliphatic heterocycles. The molecule has 2 aliphatic rings. The molecule has 0 aliphatic carbocycles. The second-order valence-corrected chi connectivity index (χ2v) is 6.60. The standard InChI is InChI=1S/C21H17N3O3/c1-13-9-10-23-18(11-13)27-17-8-4-7-16-19(17)21(12-25-20(22)24-21)14-5-2-3-6-15(14)26-16/h2-11H,12H2,1H3,(H2,22,24). The van der Waals surface area contributed by atoms with E-state index in [1.165, 1.54) is 0 Å². The molecule has 0 saturated carbocycles. The lowest BCUT2D eigenvalue weighted by atomic mass is 9.81. The average molecular weight is 359 g/mol. The summed E-state index contributed by atoms with van der Waals surface area (Å²) in [5.41, 5.74) is 7.84. The van der Waals surface area contributed by atoms with E-state index in [1.54, 1.807) is 6.20 Å². The van der Waals surface area contributed by atoms with Crippen LogP contribution in [0.2, 0.25) is 0 Å². The summed E-state index contributed by atoms with van der Waals surface area (Å²) in [5.74, 6) is 2.52. The number of aliphatic imine (C=N–C) groups is 1. The quantitative estimate of drug-likeness (QED) is 0.751. The molecule has 1 spiro atoms. The van der Waals surface area contributed by atoms with Gasteiger partial charge in [0.1, 0.15) is 23.9 Å². The van der Waals surface area contributed by atoms with Crippen molar-refractivity contribution in [2.75, 3.05) is 6.61 Å². The van der Waals surface area contributed by atoms with Crippen LogP contribution in [-0.4, -0.2) is 17.6 Å². The lowest BCUT2D eigenvalue weighted by Crippen LogP contribution is -2.31. The summed E-state index contributed by atoms with van der Waals surface area (Å²) < 4.78 is 17.9. The fourth-order valence-electron chi connectivity index (χ4n) is 3.61. The third-order valence-electron chi connectivity index (χ3n) is 4.79. The summed E-state index contributed by atoms with van der Waals surface area (Å²) in [6.07, 6.45) is 1.72. The Morgan fingerprint density at radius 2 is 1.93 bits per heavy atom. The molecule has 1 aromatic heterocycles. The van der Waals surface area contributed by atoms with Gasteiger partial charge in [-0.15, -0.1) is 0 Å². The minimum atomic E-state index is -0.811. The Bertz CT molecular complexity index is 1080. The molecule has 0 radical (unpaired) electrons. The van der Waals surface area contributed by atoms with Crippen LogP contribution in [0.15, 0.2) is 65.8 Å². The van der Waals surface area contributed by atoms with Crippen LogP contribution in [0, 0.1) is 6.92 Å². The van der Waals surface area contributed by atoms with Crippen LogP contribution in [0.25, 0.3) is 0 Å². The Morgan fingerprint density at radius 1 is 1.07 bits per heavy atom. The topological polar surface area (TPSA) is 79.0 Å². The lowest BCUT2D eigenvalue weighted by molar-refractivity contribution is 0.260. The van der Waals surface area contributed by atoms with Crippen LogP contribution >= 0.6 is 0 Å². The zero-order chi connectivity index (χ0) is 18.4. The molecule has 0 saturated heterocycles. The second-order valence-electron chi connectivity index (χ2n) is 6.60. The number of hydrogen-bond acceptors (Lipinski definition) is 6. The predicted octanol–water partition coefficient (Wildman–Crippen LogP) is 3.88. The molecule has 0 fully saturated rings. The van der Waals surface area contributed by atoms with Crippen molar-refractivity contribution in [3.63, 3.8) is 0 Å². The zero-order valence-corrected chi connectivity index (χ0v) is 14.7. The summed E-state index contributed by atoms with van der Waals surface area (Å²) in [7, 11) is 0. The van der Waals surface area contributed by atoms with E-state index in [0.717, 1.165) is 22.4 Å². The smallest absolute Gasteiger partial charge is 0.283 e. The molecule has 5 rings (SSSR count). The Morgan fingerprint density at radius 3 is 2.74 bits per heavy atom. The minimum Gasteiger partial charge on any atom is -0.462 e. The van der Waals surface area contributed by atoms with Crippen LogP contribution in [0.1, 0.15) is 16.7 Å². The van der Waals surface area contributed by atoms with Gasteiger partial charge in [-0.05, 0) is 36.8 Å². The van der Waals surface area contributed by atoms with Gasteiger partial charge in [0.25, 0.3) is 6.02 Å². The number of rotatable bonds is 2. The molecule has 6 heteroatoms. The van der Waals surface area contributed by atoms with E-state index >= 15 is 0 Å². The molecule has 2 aromatic carbocycles. The summed E-state index contributed by atoms with van der Waals surface area (Å²) in [6.45, 7) is 2.28.